The molecule has 2 N–H and O–H groups in total. The predicted molar refractivity (Wildman–Crippen MR) is 137 cm³/mol. The zero-order chi connectivity index (χ0) is 22.0. The Bertz CT molecular complexity index is 844. The van der Waals surface area contributed by atoms with Gasteiger partial charge in [-0.1, -0.05) is 42.5 Å². The summed E-state index contributed by atoms with van der Waals surface area (Å²) in [6, 6.07) is 10.7. The van der Waals surface area contributed by atoms with E-state index in [1.165, 1.54) is 10.5 Å². The molecule has 0 spiro atoms. The molecule has 1 aromatic carbocycles. The number of carbonyl (C=O) groups is 2. The lowest BCUT2D eigenvalue weighted by molar-refractivity contribution is -0.140. The number of amides is 2. The Balaban J connectivity index is 0.00000289. The molecule has 4 rings (SSSR count). The summed E-state index contributed by atoms with van der Waals surface area (Å²) in [7, 11) is 3.84. The van der Waals surface area contributed by atoms with Crippen molar-refractivity contribution in [3.8, 4) is 0 Å². The molecular weight excluding hydrogens is 517 g/mol. The van der Waals surface area contributed by atoms with Crippen molar-refractivity contribution >= 4 is 41.8 Å². The maximum atomic E-state index is 12.8. The number of hydrogen-bond donors (Lipinski definition) is 2. The van der Waals surface area contributed by atoms with Gasteiger partial charge in [-0.05, 0) is 37.8 Å². The smallest absolute Gasteiger partial charge is 0.233 e. The van der Waals surface area contributed by atoms with Crippen LogP contribution in [0.15, 0.2) is 47.5 Å². The van der Waals surface area contributed by atoms with Crippen molar-refractivity contribution < 1.29 is 9.59 Å². The summed E-state index contributed by atoms with van der Waals surface area (Å²) in [5, 5.41) is 6.59. The second-order valence-electron chi connectivity index (χ2n) is 8.96. The van der Waals surface area contributed by atoms with Crippen LogP contribution in [0.1, 0.15) is 18.9 Å². The van der Waals surface area contributed by atoms with Crippen LogP contribution in [0.2, 0.25) is 0 Å². The summed E-state index contributed by atoms with van der Waals surface area (Å²) in [6.07, 6.45) is 5.22. The lowest BCUT2D eigenvalue weighted by atomic mass is 9.85. The Hall–Kier alpha value is -1.94. The monoisotopic (exact) mass is 551 g/mol. The number of halogens is 1. The van der Waals surface area contributed by atoms with Gasteiger partial charge >= 0.3 is 0 Å². The largest absolute Gasteiger partial charge is 0.355 e. The molecule has 174 valence electrons. The van der Waals surface area contributed by atoms with Crippen LogP contribution in [-0.4, -0.2) is 67.3 Å². The molecule has 0 aromatic heterocycles. The maximum Gasteiger partial charge on any atom is 0.233 e. The number of imide groups is 1. The zero-order valence-corrected chi connectivity index (χ0v) is 21.4. The fraction of sp³-hybridized carbons (Fsp3) is 0.542. The number of carbonyl (C=O) groups excluding carboxylic acids is 2. The topological polar surface area (TPSA) is 77.0 Å². The normalized spacial score (nSPS) is 27.0. The Labute approximate surface area is 207 Å². The number of rotatable bonds is 8. The van der Waals surface area contributed by atoms with Gasteiger partial charge in [0.15, 0.2) is 5.96 Å². The van der Waals surface area contributed by atoms with E-state index in [9.17, 15) is 9.59 Å². The Morgan fingerprint density at radius 2 is 1.75 bits per heavy atom. The highest BCUT2D eigenvalue weighted by Crippen LogP contribution is 2.52. The van der Waals surface area contributed by atoms with E-state index in [4.69, 9.17) is 0 Å². The van der Waals surface area contributed by atoms with Gasteiger partial charge in [-0.25, -0.2) is 0 Å². The third-order valence-electron chi connectivity index (χ3n) is 7.01. The number of benzene rings is 1. The molecule has 5 atom stereocenters. The van der Waals surface area contributed by atoms with Gasteiger partial charge in [-0.15, -0.1) is 24.0 Å². The molecule has 0 radical (unpaired) electrons. The van der Waals surface area contributed by atoms with Crippen LogP contribution in [0, 0.1) is 23.7 Å². The number of guanidine groups is 1. The highest BCUT2D eigenvalue weighted by molar-refractivity contribution is 14.0. The first-order valence-corrected chi connectivity index (χ1v) is 11.2. The lowest BCUT2D eigenvalue weighted by Gasteiger charge is -2.26. The Morgan fingerprint density at radius 3 is 2.34 bits per heavy atom. The summed E-state index contributed by atoms with van der Waals surface area (Å²) in [4.78, 5) is 33.5. The second-order valence-corrected chi connectivity index (χ2v) is 8.96. The highest BCUT2D eigenvalue weighted by Gasteiger charge is 2.58. The summed E-state index contributed by atoms with van der Waals surface area (Å²) in [5.74, 6) is 0.963. The third-order valence-corrected chi connectivity index (χ3v) is 7.01. The van der Waals surface area contributed by atoms with Gasteiger partial charge in [0, 0.05) is 39.3 Å². The second kappa shape index (κ2) is 10.8. The quantitative estimate of drug-likeness (QED) is 0.170. The van der Waals surface area contributed by atoms with Crippen molar-refractivity contribution in [1.82, 2.24) is 20.4 Å². The molecule has 1 heterocycles. The number of aliphatic imine (C=N–C) groups is 1. The molecule has 7 nitrogen and oxygen atoms in total. The van der Waals surface area contributed by atoms with E-state index in [0.29, 0.717) is 25.1 Å². The van der Waals surface area contributed by atoms with Crippen LogP contribution in [0.5, 0.6) is 0 Å². The van der Waals surface area contributed by atoms with E-state index < -0.39 is 0 Å². The molecule has 2 aliphatic carbocycles. The minimum Gasteiger partial charge on any atom is -0.355 e. The number of allylic oxidation sites excluding steroid dienone is 2. The van der Waals surface area contributed by atoms with Gasteiger partial charge in [-0.3, -0.25) is 24.4 Å². The van der Waals surface area contributed by atoms with Crippen molar-refractivity contribution in [1.29, 1.82) is 0 Å². The molecule has 1 saturated heterocycles. The number of likely N-dealkylation sites (tertiary alicyclic amines) is 1. The van der Waals surface area contributed by atoms with Crippen molar-refractivity contribution in [2.75, 3.05) is 33.7 Å². The number of fused-ring (bicyclic) bond motifs is 5. The minimum absolute atomic E-state index is 0. The van der Waals surface area contributed by atoms with E-state index in [0.717, 1.165) is 19.5 Å². The molecule has 8 heteroatoms. The predicted octanol–water partition coefficient (Wildman–Crippen LogP) is 2.10. The van der Waals surface area contributed by atoms with Crippen molar-refractivity contribution in [2.24, 2.45) is 28.7 Å². The van der Waals surface area contributed by atoms with Gasteiger partial charge in [0.1, 0.15) is 0 Å². The third kappa shape index (κ3) is 5.01. The minimum atomic E-state index is -0.124. The first kappa shape index (κ1) is 24.7. The van der Waals surface area contributed by atoms with Crippen LogP contribution < -0.4 is 10.6 Å². The van der Waals surface area contributed by atoms with Crippen molar-refractivity contribution in [3.63, 3.8) is 0 Å². The molecule has 2 fully saturated rings. The SMILES string of the molecule is CN=C(NCCN1C(=O)C2C3C=CC(C3)C2C1=O)NCC(C)N(C)Cc1ccccc1.I. The fourth-order valence-electron chi connectivity index (χ4n) is 5.12. The van der Waals surface area contributed by atoms with Crippen LogP contribution in [-0.2, 0) is 16.1 Å². The molecular formula is C24H34IN5O2. The summed E-state index contributed by atoms with van der Waals surface area (Å²) >= 11 is 0. The molecule has 1 saturated carbocycles. The van der Waals surface area contributed by atoms with Crippen LogP contribution in [0.3, 0.4) is 0 Å². The summed E-state index contributed by atoms with van der Waals surface area (Å²) < 4.78 is 0. The van der Waals surface area contributed by atoms with Gasteiger partial charge in [0.25, 0.3) is 0 Å². The van der Waals surface area contributed by atoms with Crippen molar-refractivity contribution in [2.45, 2.75) is 25.9 Å². The lowest BCUT2D eigenvalue weighted by Crippen LogP contribution is -2.47. The van der Waals surface area contributed by atoms with E-state index in [1.54, 1.807) is 7.05 Å². The molecule has 5 unspecified atom stereocenters. The van der Waals surface area contributed by atoms with Gasteiger partial charge in [0.2, 0.25) is 11.8 Å². The van der Waals surface area contributed by atoms with Gasteiger partial charge in [0.05, 0.1) is 11.8 Å². The van der Waals surface area contributed by atoms with Crippen LogP contribution in [0.25, 0.3) is 0 Å². The molecule has 2 amide bonds. The molecule has 3 aliphatic rings. The van der Waals surface area contributed by atoms with E-state index in [2.05, 4.69) is 70.9 Å². The number of hydrogen-bond acceptors (Lipinski definition) is 4. The average Bonchev–Trinajstić information content (AvgIpc) is 3.46. The first-order chi connectivity index (χ1) is 15.0. The standard InChI is InChI=1S/C24H33N5O2.HI/c1-16(28(3)15-17-7-5-4-6-8-17)14-27-24(25-2)26-11-12-29-22(30)20-18-9-10-19(13-18)21(20)23(29)31;/h4-10,16,18-21H,11-15H2,1-3H3,(H2,25,26,27);1H. The van der Waals surface area contributed by atoms with E-state index in [1.807, 2.05) is 6.07 Å². The summed E-state index contributed by atoms with van der Waals surface area (Å²) in [6.45, 7) is 4.67. The summed E-state index contributed by atoms with van der Waals surface area (Å²) in [5.41, 5.74) is 1.28. The zero-order valence-electron chi connectivity index (χ0n) is 19.0. The first-order valence-electron chi connectivity index (χ1n) is 11.2. The van der Waals surface area contributed by atoms with Gasteiger partial charge < -0.3 is 10.6 Å². The number of likely N-dealkylation sites (N-methyl/N-ethyl adjacent to an activating group) is 1. The Morgan fingerprint density at radius 1 is 1.12 bits per heavy atom. The Kier molecular flexibility index (Phi) is 8.32. The van der Waals surface area contributed by atoms with Crippen LogP contribution in [0.4, 0.5) is 0 Å². The van der Waals surface area contributed by atoms with Gasteiger partial charge in [-0.2, -0.15) is 0 Å². The molecule has 32 heavy (non-hydrogen) atoms. The highest BCUT2D eigenvalue weighted by atomic mass is 127. The maximum absolute atomic E-state index is 12.8. The molecule has 2 bridgehead atoms. The molecule has 1 aromatic rings. The van der Waals surface area contributed by atoms with Crippen LogP contribution >= 0.6 is 24.0 Å². The molecule has 1 aliphatic heterocycles. The average molecular weight is 551 g/mol. The fourth-order valence-corrected chi connectivity index (χ4v) is 5.12. The van der Waals surface area contributed by atoms with Crippen molar-refractivity contribution in [3.05, 3.63) is 48.0 Å². The number of nitrogens with one attached hydrogen (secondary N) is 2. The van der Waals surface area contributed by atoms with E-state index >= 15 is 0 Å². The number of nitrogens with zero attached hydrogens (tertiary/aromatic N) is 3. The van der Waals surface area contributed by atoms with E-state index in [-0.39, 0.29) is 59.5 Å².